The first-order chi connectivity index (χ1) is 6.35. The molecule has 0 radical (unpaired) electrons. The van der Waals surface area contributed by atoms with Crippen LogP contribution < -0.4 is 11.3 Å². The number of ether oxygens (including phenoxy) is 1. The van der Waals surface area contributed by atoms with Crippen molar-refractivity contribution in [3.05, 3.63) is 0 Å². The van der Waals surface area contributed by atoms with E-state index in [0.717, 1.165) is 32.5 Å². The Hall–Kier alpha value is -0.560. The minimum Gasteiger partial charge on any atom is -0.381 e. The second-order valence-corrected chi connectivity index (χ2v) is 2.90. The first-order valence-electron chi connectivity index (χ1n) is 4.78. The van der Waals surface area contributed by atoms with Crippen LogP contribution in [0.15, 0.2) is 0 Å². The van der Waals surface area contributed by atoms with Crippen LogP contribution in [-0.2, 0) is 4.74 Å². The molecular weight excluding hydrogens is 164 g/mol. The highest BCUT2D eigenvalue weighted by atomic mass is 16.5. The van der Waals surface area contributed by atoms with Crippen LogP contribution in [0.2, 0.25) is 0 Å². The van der Waals surface area contributed by atoms with Gasteiger partial charge in [0.05, 0.1) is 0 Å². The van der Waals surface area contributed by atoms with Crippen LogP contribution in [0.25, 0.3) is 0 Å². The molecule has 0 aliphatic rings. The fourth-order valence-electron chi connectivity index (χ4n) is 0.942. The number of hydrogen-bond acceptors (Lipinski definition) is 3. The van der Waals surface area contributed by atoms with Crippen LogP contribution in [0.1, 0.15) is 33.1 Å². The van der Waals surface area contributed by atoms with E-state index in [1.165, 1.54) is 0 Å². The largest absolute Gasteiger partial charge is 0.381 e. The summed E-state index contributed by atoms with van der Waals surface area (Å²) in [5, 5.41) is 0. The fraction of sp³-hybridized carbons (Fsp3) is 0.800. The summed E-state index contributed by atoms with van der Waals surface area (Å²) in [5.74, 6) is 11.2. The molecule has 0 heterocycles. The normalized spacial score (nSPS) is 11.9. The van der Waals surface area contributed by atoms with E-state index in [9.17, 15) is 0 Å². The van der Waals surface area contributed by atoms with Crippen LogP contribution in [0.3, 0.4) is 0 Å². The van der Waals surface area contributed by atoms with Gasteiger partial charge in [0.25, 0.3) is 0 Å². The number of rotatable bonds is 7. The first-order valence-corrected chi connectivity index (χ1v) is 4.78. The van der Waals surface area contributed by atoms with Crippen LogP contribution in [0, 0.1) is 11.8 Å². The molecule has 0 fully saturated rings. The lowest BCUT2D eigenvalue weighted by Gasteiger charge is -2.12. The standard InChI is InChI=1S/C10H20N2O/c1-3-5-6-10(12-11)7-9-13-8-4-2/h10,12H,4,6-9,11H2,1-2H3. The fourth-order valence-corrected chi connectivity index (χ4v) is 0.942. The zero-order valence-electron chi connectivity index (χ0n) is 8.60. The second kappa shape index (κ2) is 9.53. The van der Waals surface area contributed by atoms with Crippen LogP contribution >= 0.6 is 0 Å². The Balaban J connectivity index is 3.40. The monoisotopic (exact) mass is 184 g/mol. The molecule has 0 amide bonds. The van der Waals surface area contributed by atoms with E-state index in [4.69, 9.17) is 10.6 Å². The molecule has 0 aromatic rings. The van der Waals surface area contributed by atoms with Crippen molar-refractivity contribution in [2.75, 3.05) is 13.2 Å². The average molecular weight is 184 g/mol. The molecule has 0 bridgehead atoms. The molecule has 0 saturated carbocycles. The first kappa shape index (κ1) is 12.4. The van der Waals surface area contributed by atoms with E-state index in [1.807, 2.05) is 6.92 Å². The summed E-state index contributed by atoms with van der Waals surface area (Å²) in [4.78, 5) is 0. The molecule has 0 aliphatic carbocycles. The Morgan fingerprint density at radius 3 is 2.77 bits per heavy atom. The topological polar surface area (TPSA) is 47.3 Å². The van der Waals surface area contributed by atoms with Gasteiger partial charge >= 0.3 is 0 Å². The maximum Gasteiger partial charge on any atom is 0.0481 e. The van der Waals surface area contributed by atoms with Crippen molar-refractivity contribution < 1.29 is 4.74 Å². The Bertz CT molecular complexity index is 160. The average Bonchev–Trinajstić information content (AvgIpc) is 2.17. The van der Waals surface area contributed by atoms with Crippen molar-refractivity contribution in [2.24, 2.45) is 5.84 Å². The van der Waals surface area contributed by atoms with Gasteiger partial charge in [0, 0.05) is 25.7 Å². The van der Waals surface area contributed by atoms with Crippen LogP contribution in [0.5, 0.6) is 0 Å². The highest BCUT2D eigenvalue weighted by Gasteiger charge is 2.03. The molecule has 76 valence electrons. The van der Waals surface area contributed by atoms with Gasteiger partial charge in [0.1, 0.15) is 0 Å². The molecule has 3 nitrogen and oxygen atoms in total. The molecule has 3 heteroatoms. The van der Waals surface area contributed by atoms with Crippen molar-refractivity contribution >= 4 is 0 Å². The maximum atomic E-state index is 5.35. The van der Waals surface area contributed by atoms with E-state index in [-0.39, 0.29) is 6.04 Å². The Morgan fingerprint density at radius 1 is 1.46 bits per heavy atom. The van der Waals surface area contributed by atoms with Crippen molar-refractivity contribution in [2.45, 2.75) is 39.2 Å². The van der Waals surface area contributed by atoms with E-state index in [2.05, 4.69) is 24.2 Å². The molecule has 1 unspecified atom stereocenters. The molecule has 3 N–H and O–H groups in total. The molecule has 1 atom stereocenters. The van der Waals surface area contributed by atoms with Gasteiger partial charge in [0.2, 0.25) is 0 Å². The predicted octanol–water partition coefficient (Wildman–Crippen LogP) is 1.05. The molecule has 0 spiro atoms. The summed E-state index contributed by atoms with van der Waals surface area (Å²) in [5.41, 5.74) is 2.73. The molecule has 0 rings (SSSR count). The van der Waals surface area contributed by atoms with Crippen molar-refractivity contribution in [1.82, 2.24) is 5.43 Å². The van der Waals surface area contributed by atoms with Crippen LogP contribution in [-0.4, -0.2) is 19.3 Å². The zero-order valence-corrected chi connectivity index (χ0v) is 8.60. The number of nitrogens with one attached hydrogen (secondary N) is 1. The molecule has 0 aromatic heterocycles. The van der Waals surface area contributed by atoms with Gasteiger partial charge in [-0.2, -0.15) is 0 Å². The van der Waals surface area contributed by atoms with E-state index < -0.39 is 0 Å². The number of nitrogens with two attached hydrogens (primary N) is 1. The summed E-state index contributed by atoms with van der Waals surface area (Å²) in [6.45, 7) is 5.52. The smallest absolute Gasteiger partial charge is 0.0481 e. The van der Waals surface area contributed by atoms with Gasteiger partial charge in [-0.25, -0.2) is 0 Å². The third kappa shape index (κ3) is 7.79. The van der Waals surface area contributed by atoms with E-state index in [0.29, 0.717) is 0 Å². The van der Waals surface area contributed by atoms with E-state index in [1.54, 1.807) is 0 Å². The van der Waals surface area contributed by atoms with Gasteiger partial charge in [-0.15, -0.1) is 11.8 Å². The van der Waals surface area contributed by atoms with E-state index >= 15 is 0 Å². The highest BCUT2D eigenvalue weighted by molar-refractivity contribution is 4.97. The minimum atomic E-state index is 0.254. The highest BCUT2D eigenvalue weighted by Crippen LogP contribution is 1.96. The van der Waals surface area contributed by atoms with Gasteiger partial charge in [-0.1, -0.05) is 6.92 Å². The molecule has 0 saturated heterocycles. The quantitative estimate of drug-likeness (QED) is 0.269. The van der Waals surface area contributed by atoms with Gasteiger partial charge < -0.3 is 4.74 Å². The summed E-state index contributed by atoms with van der Waals surface area (Å²) in [6, 6.07) is 0.254. The predicted molar refractivity (Wildman–Crippen MR) is 54.9 cm³/mol. The lowest BCUT2D eigenvalue weighted by molar-refractivity contribution is 0.125. The summed E-state index contributed by atoms with van der Waals surface area (Å²) in [7, 11) is 0. The van der Waals surface area contributed by atoms with Crippen molar-refractivity contribution in [1.29, 1.82) is 0 Å². The molecule has 0 aliphatic heterocycles. The zero-order chi connectivity index (χ0) is 9.94. The second-order valence-electron chi connectivity index (χ2n) is 2.90. The number of hydrogen-bond donors (Lipinski definition) is 2. The molecule has 0 aromatic carbocycles. The number of hydrazine groups is 1. The Labute approximate surface area is 81.0 Å². The summed E-state index contributed by atoms with van der Waals surface area (Å²) in [6.07, 6.45) is 2.78. The lowest BCUT2D eigenvalue weighted by Crippen LogP contribution is -2.35. The SMILES string of the molecule is CC#CCC(CCOCCC)NN. The van der Waals surface area contributed by atoms with Crippen molar-refractivity contribution in [3.8, 4) is 11.8 Å². The Kier molecular flexibility index (Phi) is 9.12. The van der Waals surface area contributed by atoms with Gasteiger partial charge in [-0.3, -0.25) is 11.3 Å². The molecular formula is C10H20N2O. The van der Waals surface area contributed by atoms with Gasteiger partial charge in [-0.05, 0) is 19.8 Å². The Morgan fingerprint density at radius 2 is 2.23 bits per heavy atom. The summed E-state index contributed by atoms with van der Waals surface area (Å²) >= 11 is 0. The minimum absolute atomic E-state index is 0.254. The van der Waals surface area contributed by atoms with Crippen molar-refractivity contribution in [3.63, 3.8) is 0 Å². The molecule has 13 heavy (non-hydrogen) atoms. The van der Waals surface area contributed by atoms with Gasteiger partial charge in [0.15, 0.2) is 0 Å². The maximum absolute atomic E-state index is 5.35. The van der Waals surface area contributed by atoms with Crippen LogP contribution in [0.4, 0.5) is 0 Å². The third-order valence-corrected chi connectivity index (χ3v) is 1.72. The third-order valence-electron chi connectivity index (χ3n) is 1.72. The summed E-state index contributed by atoms with van der Waals surface area (Å²) < 4.78 is 5.35. The lowest BCUT2D eigenvalue weighted by atomic mass is 10.1.